The van der Waals surface area contributed by atoms with Gasteiger partial charge in [-0.05, 0) is 30.7 Å². The van der Waals surface area contributed by atoms with Gasteiger partial charge in [-0.25, -0.2) is 4.98 Å². The number of carbonyl (C=O) groups excluding carboxylic acids is 1. The average molecular weight is 408 g/mol. The van der Waals surface area contributed by atoms with Gasteiger partial charge >= 0.3 is 6.18 Å². The van der Waals surface area contributed by atoms with Gasteiger partial charge < -0.3 is 10.4 Å². The van der Waals surface area contributed by atoms with Crippen molar-refractivity contribution in [3.8, 4) is 0 Å². The summed E-state index contributed by atoms with van der Waals surface area (Å²) >= 11 is 1.27. The lowest BCUT2D eigenvalue weighted by Gasteiger charge is -2.12. The number of aliphatic hydroxyl groups excluding tert-OH is 1. The molecule has 2 N–H and O–H groups in total. The van der Waals surface area contributed by atoms with Crippen LogP contribution in [0.2, 0.25) is 0 Å². The number of aliphatic hydroxyl groups is 1. The zero-order valence-corrected chi connectivity index (χ0v) is 15.9. The Morgan fingerprint density at radius 2 is 1.93 bits per heavy atom. The molecule has 3 rings (SSSR count). The van der Waals surface area contributed by atoms with Crippen molar-refractivity contribution in [1.82, 2.24) is 10.3 Å². The summed E-state index contributed by atoms with van der Waals surface area (Å²) in [5.74, 6) is -0.249. The van der Waals surface area contributed by atoms with E-state index in [-0.39, 0.29) is 24.4 Å². The topological polar surface area (TPSA) is 62.2 Å². The van der Waals surface area contributed by atoms with Crippen molar-refractivity contribution in [3.05, 3.63) is 64.2 Å². The molecule has 1 aromatic heterocycles. The number of benzene rings is 2. The highest BCUT2D eigenvalue weighted by atomic mass is 32.1. The first kappa shape index (κ1) is 20.3. The standard InChI is InChI=1S/C20H19F3N2O2S/c1-12-2-4-13(5-3-12)16(26)11-24-18(27)8-9-19-25-15-10-14(20(21,22)23)6-7-17(15)28-19/h2-7,10,16,26H,8-9,11H2,1H3,(H,24,27). The van der Waals surface area contributed by atoms with Crippen LogP contribution in [0.1, 0.15) is 34.2 Å². The van der Waals surface area contributed by atoms with Crippen molar-refractivity contribution in [1.29, 1.82) is 0 Å². The lowest BCUT2D eigenvalue weighted by atomic mass is 10.1. The van der Waals surface area contributed by atoms with E-state index in [1.165, 1.54) is 17.4 Å². The first-order valence-electron chi connectivity index (χ1n) is 8.70. The number of aryl methyl sites for hydroxylation is 2. The van der Waals surface area contributed by atoms with Gasteiger partial charge in [0.1, 0.15) is 0 Å². The zero-order valence-electron chi connectivity index (χ0n) is 15.1. The maximum absolute atomic E-state index is 12.8. The molecule has 2 aromatic carbocycles. The van der Waals surface area contributed by atoms with Gasteiger partial charge in [-0.2, -0.15) is 13.2 Å². The maximum atomic E-state index is 12.8. The molecule has 0 bridgehead atoms. The second-order valence-electron chi connectivity index (χ2n) is 6.52. The molecule has 148 valence electrons. The predicted octanol–water partition coefficient (Wildman–Crippen LogP) is 4.41. The molecule has 1 amide bonds. The molecule has 1 atom stereocenters. The molecule has 0 fully saturated rings. The fraction of sp³-hybridized carbons (Fsp3) is 0.300. The van der Waals surface area contributed by atoms with Crippen LogP contribution in [0.5, 0.6) is 0 Å². The van der Waals surface area contributed by atoms with Crippen LogP contribution in [0.4, 0.5) is 13.2 Å². The molecule has 4 nitrogen and oxygen atoms in total. The van der Waals surface area contributed by atoms with Crippen molar-refractivity contribution < 1.29 is 23.1 Å². The number of fused-ring (bicyclic) bond motifs is 1. The second-order valence-corrected chi connectivity index (χ2v) is 7.63. The predicted molar refractivity (Wildman–Crippen MR) is 102 cm³/mol. The summed E-state index contributed by atoms with van der Waals surface area (Å²) in [7, 11) is 0. The summed E-state index contributed by atoms with van der Waals surface area (Å²) < 4.78 is 39.0. The van der Waals surface area contributed by atoms with E-state index in [9.17, 15) is 23.1 Å². The number of aromatic nitrogens is 1. The quantitative estimate of drug-likeness (QED) is 0.635. The van der Waals surface area contributed by atoms with E-state index in [0.717, 1.165) is 23.3 Å². The van der Waals surface area contributed by atoms with E-state index in [2.05, 4.69) is 10.3 Å². The minimum absolute atomic E-state index is 0.0939. The Labute approximate surface area is 164 Å². The third-order valence-corrected chi connectivity index (χ3v) is 5.38. The minimum Gasteiger partial charge on any atom is -0.387 e. The van der Waals surface area contributed by atoms with Gasteiger partial charge in [0.2, 0.25) is 5.91 Å². The lowest BCUT2D eigenvalue weighted by molar-refractivity contribution is -0.137. The normalized spacial score (nSPS) is 12.9. The maximum Gasteiger partial charge on any atom is 0.416 e. The number of thiazole rings is 1. The molecule has 0 saturated carbocycles. The Bertz CT molecular complexity index is 968. The van der Waals surface area contributed by atoms with Crippen LogP contribution in [0.3, 0.4) is 0 Å². The van der Waals surface area contributed by atoms with Crippen LogP contribution in [0.15, 0.2) is 42.5 Å². The summed E-state index contributed by atoms with van der Waals surface area (Å²) in [4.78, 5) is 16.2. The van der Waals surface area contributed by atoms with Crippen LogP contribution in [-0.2, 0) is 17.4 Å². The van der Waals surface area contributed by atoms with E-state index in [0.29, 0.717) is 16.1 Å². The molecule has 0 saturated heterocycles. The van der Waals surface area contributed by atoms with Crippen LogP contribution in [0, 0.1) is 6.92 Å². The third kappa shape index (κ3) is 5.08. The fourth-order valence-corrected chi connectivity index (χ4v) is 3.63. The number of hydrogen-bond acceptors (Lipinski definition) is 4. The monoisotopic (exact) mass is 408 g/mol. The van der Waals surface area contributed by atoms with Crippen molar-refractivity contribution in [2.45, 2.75) is 32.0 Å². The Morgan fingerprint density at radius 1 is 1.21 bits per heavy atom. The van der Waals surface area contributed by atoms with Crippen LogP contribution in [0.25, 0.3) is 10.2 Å². The van der Waals surface area contributed by atoms with Gasteiger partial charge in [0.05, 0.1) is 26.9 Å². The third-order valence-electron chi connectivity index (χ3n) is 4.28. The van der Waals surface area contributed by atoms with Crippen LogP contribution >= 0.6 is 11.3 Å². The Kier molecular flexibility index (Phi) is 6.00. The van der Waals surface area contributed by atoms with Gasteiger partial charge in [0, 0.05) is 19.4 Å². The van der Waals surface area contributed by atoms with Crippen molar-refractivity contribution in [3.63, 3.8) is 0 Å². The van der Waals surface area contributed by atoms with E-state index in [4.69, 9.17) is 0 Å². The van der Waals surface area contributed by atoms with Crippen molar-refractivity contribution in [2.75, 3.05) is 6.54 Å². The molecule has 1 heterocycles. The number of rotatable bonds is 6. The van der Waals surface area contributed by atoms with E-state index < -0.39 is 17.8 Å². The number of hydrogen-bond donors (Lipinski definition) is 2. The second kappa shape index (κ2) is 8.28. The van der Waals surface area contributed by atoms with Gasteiger partial charge in [-0.1, -0.05) is 29.8 Å². The molecule has 1 unspecified atom stereocenters. The molecule has 0 radical (unpaired) electrons. The average Bonchev–Trinajstić information content (AvgIpc) is 3.06. The molecular weight excluding hydrogens is 389 g/mol. The summed E-state index contributed by atoms with van der Waals surface area (Å²) in [6, 6.07) is 10.8. The molecule has 0 aliphatic rings. The van der Waals surface area contributed by atoms with Crippen molar-refractivity contribution in [2.24, 2.45) is 0 Å². The number of carbonyl (C=O) groups is 1. The number of amides is 1. The number of halogens is 3. The van der Waals surface area contributed by atoms with Crippen LogP contribution in [-0.4, -0.2) is 22.5 Å². The van der Waals surface area contributed by atoms with Gasteiger partial charge in [-0.3, -0.25) is 4.79 Å². The minimum atomic E-state index is -4.41. The fourth-order valence-electron chi connectivity index (χ4n) is 2.68. The molecular formula is C20H19F3N2O2S. The van der Waals surface area contributed by atoms with Crippen LogP contribution < -0.4 is 5.32 Å². The summed E-state index contributed by atoms with van der Waals surface area (Å²) in [5.41, 5.74) is 1.35. The Balaban J connectivity index is 1.53. The Hall–Kier alpha value is -2.45. The highest BCUT2D eigenvalue weighted by molar-refractivity contribution is 7.18. The number of nitrogens with one attached hydrogen (secondary N) is 1. The number of nitrogens with zero attached hydrogens (tertiary/aromatic N) is 1. The molecule has 8 heteroatoms. The molecule has 0 aliphatic carbocycles. The van der Waals surface area contributed by atoms with Gasteiger partial charge in [0.25, 0.3) is 0 Å². The van der Waals surface area contributed by atoms with Gasteiger partial charge in [-0.15, -0.1) is 11.3 Å². The number of alkyl halides is 3. The zero-order chi connectivity index (χ0) is 20.3. The van der Waals surface area contributed by atoms with E-state index in [1.807, 2.05) is 31.2 Å². The molecule has 0 spiro atoms. The lowest BCUT2D eigenvalue weighted by Crippen LogP contribution is -2.28. The molecule has 0 aliphatic heterocycles. The van der Waals surface area contributed by atoms with E-state index >= 15 is 0 Å². The smallest absolute Gasteiger partial charge is 0.387 e. The van der Waals surface area contributed by atoms with Gasteiger partial charge in [0.15, 0.2) is 0 Å². The first-order valence-corrected chi connectivity index (χ1v) is 9.52. The molecule has 28 heavy (non-hydrogen) atoms. The summed E-state index contributed by atoms with van der Waals surface area (Å²) in [6.07, 6.45) is -4.73. The summed E-state index contributed by atoms with van der Waals surface area (Å²) in [5, 5.41) is 13.4. The van der Waals surface area contributed by atoms with Crippen molar-refractivity contribution >= 4 is 27.5 Å². The largest absolute Gasteiger partial charge is 0.416 e. The SMILES string of the molecule is Cc1ccc(C(O)CNC(=O)CCc2nc3cc(C(F)(F)F)ccc3s2)cc1. The van der Waals surface area contributed by atoms with E-state index in [1.54, 1.807) is 0 Å². The highest BCUT2D eigenvalue weighted by Crippen LogP contribution is 2.33. The summed E-state index contributed by atoms with van der Waals surface area (Å²) in [6.45, 7) is 2.04. The first-order chi connectivity index (χ1) is 13.2. The molecule has 3 aromatic rings. The highest BCUT2D eigenvalue weighted by Gasteiger charge is 2.30. The Morgan fingerprint density at radius 3 is 2.61 bits per heavy atom.